The molecule has 0 aliphatic heterocycles. The minimum absolute atomic E-state index is 0.315. The number of nitrogens with two attached hydrogens (primary N) is 1. The fourth-order valence-electron chi connectivity index (χ4n) is 0.259. The van der Waals surface area contributed by atoms with E-state index in [9.17, 15) is 0 Å². The van der Waals surface area contributed by atoms with Crippen LogP contribution in [-0.2, 0) is 0 Å². The second kappa shape index (κ2) is 4.59. The van der Waals surface area contributed by atoms with Crippen molar-refractivity contribution < 1.29 is 0 Å². The molecule has 0 aliphatic carbocycles. The Kier molecular flexibility index (Phi) is 4.26. The Morgan fingerprint density at radius 1 is 1.88 bits per heavy atom. The van der Waals surface area contributed by atoms with Gasteiger partial charge in [-0.3, -0.25) is 0 Å². The van der Waals surface area contributed by atoms with Gasteiger partial charge in [-0.15, -0.1) is 0 Å². The van der Waals surface area contributed by atoms with Gasteiger partial charge in [-0.05, 0) is 24.8 Å². The van der Waals surface area contributed by atoms with E-state index in [0.29, 0.717) is 5.11 Å². The number of rotatable bonds is 2. The minimum Gasteiger partial charge on any atom is -0.376 e. The summed E-state index contributed by atoms with van der Waals surface area (Å²) < 4.78 is 0. The lowest BCUT2D eigenvalue weighted by Gasteiger charge is -1.90. The molecule has 0 saturated carbocycles. The molecular weight excluding hydrogens is 120 g/mol. The molecule has 3 heteroatoms. The second-order valence-corrected chi connectivity index (χ2v) is 1.76. The minimum atomic E-state index is 0.315. The number of thiocarbonyl (C=S) groups is 1. The van der Waals surface area contributed by atoms with Crippen molar-refractivity contribution in [3.8, 4) is 0 Å². The van der Waals surface area contributed by atoms with Crippen molar-refractivity contribution >= 4 is 17.3 Å². The topological polar surface area (TPSA) is 38.0 Å². The monoisotopic (exact) mass is 130 g/mol. The molecule has 3 N–H and O–H groups in total. The quantitative estimate of drug-likeness (QED) is 0.541. The summed E-state index contributed by atoms with van der Waals surface area (Å²) in [7, 11) is 0. The first-order valence-corrected chi connectivity index (χ1v) is 2.89. The molecule has 0 unspecified atom stereocenters. The van der Waals surface area contributed by atoms with E-state index >= 15 is 0 Å². The summed E-state index contributed by atoms with van der Waals surface area (Å²) in [4.78, 5) is 0. The van der Waals surface area contributed by atoms with Gasteiger partial charge in [0.1, 0.15) is 0 Å². The third-order valence-electron chi connectivity index (χ3n) is 0.579. The highest BCUT2D eigenvalue weighted by Gasteiger charge is 1.73. The third kappa shape index (κ3) is 5.43. The van der Waals surface area contributed by atoms with E-state index in [1.165, 1.54) is 0 Å². The van der Waals surface area contributed by atoms with Crippen LogP contribution in [0.3, 0.4) is 0 Å². The predicted octanol–water partition coefficient (Wildman–Crippen LogP) is 0.743. The zero-order valence-corrected chi connectivity index (χ0v) is 5.66. The van der Waals surface area contributed by atoms with Crippen molar-refractivity contribution in [2.75, 3.05) is 0 Å². The van der Waals surface area contributed by atoms with E-state index in [0.717, 1.165) is 6.42 Å². The third-order valence-corrected chi connectivity index (χ3v) is 0.697. The highest BCUT2D eigenvalue weighted by molar-refractivity contribution is 7.80. The number of nitrogens with one attached hydrogen (secondary N) is 1. The highest BCUT2D eigenvalue weighted by atomic mass is 32.1. The lowest BCUT2D eigenvalue weighted by atomic mass is 10.5. The van der Waals surface area contributed by atoms with Gasteiger partial charge in [0.15, 0.2) is 5.11 Å². The molecule has 0 bridgehead atoms. The Morgan fingerprint density at radius 3 is 2.88 bits per heavy atom. The van der Waals surface area contributed by atoms with Crippen molar-refractivity contribution in [1.82, 2.24) is 5.32 Å². The average molecular weight is 130 g/mol. The summed E-state index contributed by atoms with van der Waals surface area (Å²) in [5.74, 6) is 0. The molecule has 2 nitrogen and oxygen atoms in total. The normalized spacial score (nSPS) is 9.62. The predicted molar refractivity (Wildman–Crippen MR) is 39.4 cm³/mol. The molecule has 0 saturated heterocycles. The van der Waals surface area contributed by atoms with Crippen LogP contribution >= 0.6 is 12.2 Å². The van der Waals surface area contributed by atoms with Gasteiger partial charge in [0.25, 0.3) is 0 Å². The number of hydrogen-bond donors (Lipinski definition) is 2. The lowest BCUT2D eigenvalue weighted by Crippen LogP contribution is -2.23. The van der Waals surface area contributed by atoms with Gasteiger partial charge >= 0.3 is 0 Å². The Labute approximate surface area is 54.8 Å². The van der Waals surface area contributed by atoms with Crippen LogP contribution in [0.4, 0.5) is 0 Å². The van der Waals surface area contributed by atoms with Crippen LogP contribution in [0.25, 0.3) is 0 Å². The summed E-state index contributed by atoms with van der Waals surface area (Å²) in [6.07, 6.45) is 4.68. The summed E-state index contributed by atoms with van der Waals surface area (Å²) in [5.41, 5.74) is 5.10. The summed E-state index contributed by atoms with van der Waals surface area (Å²) in [6, 6.07) is 0. The molecule has 0 heterocycles. The molecular formula is C5H10N2S. The van der Waals surface area contributed by atoms with Gasteiger partial charge in [0.2, 0.25) is 0 Å². The first kappa shape index (κ1) is 7.43. The van der Waals surface area contributed by atoms with Crippen molar-refractivity contribution in [1.29, 1.82) is 0 Å². The molecule has 0 aromatic heterocycles. The van der Waals surface area contributed by atoms with Crippen LogP contribution in [0.15, 0.2) is 12.3 Å². The molecule has 46 valence electrons. The molecule has 0 aromatic carbocycles. The Morgan fingerprint density at radius 2 is 2.50 bits per heavy atom. The van der Waals surface area contributed by atoms with Gasteiger partial charge in [0.05, 0.1) is 0 Å². The van der Waals surface area contributed by atoms with Crippen LogP contribution in [0.2, 0.25) is 0 Å². The van der Waals surface area contributed by atoms with Gasteiger partial charge in [-0.1, -0.05) is 13.0 Å². The summed E-state index contributed by atoms with van der Waals surface area (Å²) in [6.45, 7) is 2.04. The van der Waals surface area contributed by atoms with Gasteiger partial charge in [-0.25, -0.2) is 0 Å². The summed E-state index contributed by atoms with van der Waals surface area (Å²) >= 11 is 4.52. The lowest BCUT2D eigenvalue weighted by molar-refractivity contribution is 1.17. The molecule has 0 atom stereocenters. The summed E-state index contributed by atoms with van der Waals surface area (Å²) in [5, 5.41) is 2.99. The van der Waals surface area contributed by atoms with E-state index in [1.807, 2.05) is 13.0 Å². The first-order chi connectivity index (χ1) is 3.77. The highest BCUT2D eigenvalue weighted by Crippen LogP contribution is 1.73. The van der Waals surface area contributed by atoms with E-state index in [4.69, 9.17) is 5.73 Å². The Balaban J connectivity index is 3.16. The van der Waals surface area contributed by atoms with Crippen LogP contribution < -0.4 is 11.1 Å². The fraction of sp³-hybridized carbons (Fsp3) is 0.400. The Bertz CT molecular complexity index is 98.6. The van der Waals surface area contributed by atoms with Gasteiger partial charge in [0, 0.05) is 0 Å². The van der Waals surface area contributed by atoms with E-state index in [2.05, 4.69) is 17.5 Å². The van der Waals surface area contributed by atoms with E-state index in [-0.39, 0.29) is 0 Å². The van der Waals surface area contributed by atoms with Crippen molar-refractivity contribution in [3.63, 3.8) is 0 Å². The standard InChI is InChI=1S/C5H10N2S/c1-2-3-4-7-5(6)8/h3-4H,2H2,1H3,(H3,6,7,8)/b4-3+. The molecule has 0 radical (unpaired) electrons. The molecule has 0 amide bonds. The van der Waals surface area contributed by atoms with Crippen molar-refractivity contribution in [2.24, 2.45) is 5.73 Å². The average Bonchev–Trinajstić information content (AvgIpc) is 1.66. The zero-order chi connectivity index (χ0) is 6.41. The maximum absolute atomic E-state index is 5.10. The van der Waals surface area contributed by atoms with E-state index < -0.39 is 0 Å². The SMILES string of the molecule is CC/C=C/NC(N)=S. The fourth-order valence-corrected chi connectivity index (χ4v) is 0.327. The molecule has 0 aromatic rings. The first-order valence-electron chi connectivity index (χ1n) is 2.48. The van der Waals surface area contributed by atoms with Crippen molar-refractivity contribution in [2.45, 2.75) is 13.3 Å². The smallest absolute Gasteiger partial charge is 0.167 e. The van der Waals surface area contributed by atoms with Gasteiger partial charge in [-0.2, -0.15) is 0 Å². The molecule has 0 fully saturated rings. The zero-order valence-electron chi connectivity index (χ0n) is 4.85. The van der Waals surface area contributed by atoms with Crippen LogP contribution in [0.5, 0.6) is 0 Å². The molecule has 0 spiro atoms. The van der Waals surface area contributed by atoms with Crippen LogP contribution in [0, 0.1) is 0 Å². The molecule has 0 aliphatic rings. The van der Waals surface area contributed by atoms with Crippen LogP contribution in [0.1, 0.15) is 13.3 Å². The second-order valence-electron chi connectivity index (χ2n) is 1.32. The molecule has 8 heavy (non-hydrogen) atoms. The molecule has 0 rings (SSSR count). The maximum atomic E-state index is 5.10. The van der Waals surface area contributed by atoms with Gasteiger partial charge < -0.3 is 11.1 Å². The van der Waals surface area contributed by atoms with Crippen molar-refractivity contribution in [3.05, 3.63) is 12.3 Å². The maximum Gasteiger partial charge on any atom is 0.167 e. The number of hydrogen-bond acceptors (Lipinski definition) is 1. The van der Waals surface area contributed by atoms with Crippen LogP contribution in [-0.4, -0.2) is 5.11 Å². The largest absolute Gasteiger partial charge is 0.376 e. The van der Waals surface area contributed by atoms with E-state index in [1.54, 1.807) is 6.20 Å². The number of allylic oxidation sites excluding steroid dienone is 1. The Hall–Kier alpha value is -0.570.